The van der Waals surface area contributed by atoms with Crippen LogP contribution < -0.4 is 4.90 Å². The number of fused-ring (bicyclic) bond motifs is 1. The third kappa shape index (κ3) is 1.47. The Hall–Kier alpha value is -1.51. The fraction of sp³-hybridized carbons (Fsp3) is 0.462. The molecular weight excluding hydrogens is 202 g/mol. The van der Waals surface area contributed by atoms with E-state index in [0.29, 0.717) is 0 Å². The summed E-state index contributed by atoms with van der Waals surface area (Å²) in [7, 11) is 0. The van der Waals surface area contributed by atoms with E-state index in [-0.39, 0.29) is 18.2 Å². The number of para-hydroxylation sites is 1. The maximum atomic E-state index is 11.8. The highest BCUT2D eigenvalue weighted by Crippen LogP contribution is 2.34. The van der Waals surface area contributed by atoms with E-state index in [1.54, 1.807) is 0 Å². The van der Waals surface area contributed by atoms with E-state index in [9.17, 15) is 4.79 Å². The van der Waals surface area contributed by atoms with Gasteiger partial charge in [-0.05, 0) is 31.4 Å². The van der Waals surface area contributed by atoms with Gasteiger partial charge >= 0.3 is 6.09 Å². The summed E-state index contributed by atoms with van der Waals surface area (Å²) in [5, 5.41) is 0. The molecule has 1 saturated heterocycles. The zero-order valence-corrected chi connectivity index (χ0v) is 9.13. The zero-order chi connectivity index (χ0) is 11.0. The second kappa shape index (κ2) is 3.81. The molecule has 1 aliphatic heterocycles. The third-order valence-corrected chi connectivity index (χ3v) is 3.48. The van der Waals surface area contributed by atoms with Gasteiger partial charge in [-0.25, -0.2) is 4.79 Å². The second-order valence-electron chi connectivity index (χ2n) is 4.48. The van der Waals surface area contributed by atoms with Crippen LogP contribution in [-0.4, -0.2) is 18.2 Å². The number of rotatable bonds is 1. The number of amides is 1. The van der Waals surface area contributed by atoms with Crippen molar-refractivity contribution in [3.8, 4) is 0 Å². The molecule has 3 nitrogen and oxygen atoms in total. The first kappa shape index (κ1) is 9.70. The van der Waals surface area contributed by atoms with Crippen molar-refractivity contribution in [2.24, 2.45) is 0 Å². The number of anilines is 1. The van der Waals surface area contributed by atoms with Crippen LogP contribution in [0.15, 0.2) is 30.3 Å². The second-order valence-corrected chi connectivity index (χ2v) is 4.48. The van der Waals surface area contributed by atoms with E-state index in [2.05, 4.69) is 0 Å². The molecule has 0 spiro atoms. The van der Waals surface area contributed by atoms with Crippen molar-refractivity contribution in [1.82, 2.24) is 0 Å². The summed E-state index contributed by atoms with van der Waals surface area (Å²) in [6.07, 6.45) is 4.38. The van der Waals surface area contributed by atoms with E-state index < -0.39 is 0 Å². The lowest BCUT2D eigenvalue weighted by Gasteiger charge is -2.27. The normalized spacial score (nSPS) is 28.8. The van der Waals surface area contributed by atoms with Gasteiger partial charge in [0.25, 0.3) is 0 Å². The topological polar surface area (TPSA) is 29.5 Å². The predicted molar refractivity (Wildman–Crippen MR) is 61.4 cm³/mol. The molecule has 3 heteroatoms. The number of carbonyl (C=O) groups excluding carboxylic acids is 1. The van der Waals surface area contributed by atoms with Crippen LogP contribution in [-0.2, 0) is 4.74 Å². The molecule has 1 aromatic carbocycles. The molecule has 0 aromatic heterocycles. The Morgan fingerprint density at radius 2 is 1.88 bits per heavy atom. The Kier molecular flexibility index (Phi) is 2.31. The molecule has 1 heterocycles. The third-order valence-electron chi connectivity index (χ3n) is 3.48. The van der Waals surface area contributed by atoms with E-state index in [1.807, 2.05) is 35.2 Å². The summed E-state index contributed by atoms with van der Waals surface area (Å²) in [4.78, 5) is 13.7. The molecule has 1 saturated carbocycles. The van der Waals surface area contributed by atoms with Crippen molar-refractivity contribution in [2.45, 2.75) is 37.8 Å². The predicted octanol–water partition coefficient (Wildman–Crippen LogP) is 2.95. The van der Waals surface area contributed by atoms with Crippen molar-refractivity contribution < 1.29 is 9.53 Å². The monoisotopic (exact) mass is 217 g/mol. The number of ether oxygens (including phenoxy) is 1. The lowest BCUT2D eigenvalue weighted by Crippen LogP contribution is -2.38. The maximum Gasteiger partial charge on any atom is 0.415 e. The summed E-state index contributed by atoms with van der Waals surface area (Å²) >= 11 is 0. The number of nitrogens with zero attached hydrogens (tertiary/aromatic N) is 1. The van der Waals surface area contributed by atoms with Crippen molar-refractivity contribution in [2.75, 3.05) is 4.90 Å². The van der Waals surface area contributed by atoms with Crippen LogP contribution in [0.4, 0.5) is 10.5 Å². The minimum atomic E-state index is -0.178. The maximum absolute atomic E-state index is 11.8. The molecule has 84 valence electrons. The largest absolute Gasteiger partial charge is 0.444 e. The fourth-order valence-electron chi connectivity index (χ4n) is 2.72. The van der Waals surface area contributed by atoms with E-state index in [4.69, 9.17) is 4.74 Å². The van der Waals surface area contributed by atoms with Gasteiger partial charge in [-0.1, -0.05) is 24.6 Å². The highest BCUT2D eigenvalue weighted by atomic mass is 16.6. The van der Waals surface area contributed by atoms with Crippen LogP contribution >= 0.6 is 0 Å². The van der Waals surface area contributed by atoms with E-state index in [0.717, 1.165) is 18.5 Å². The van der Waals surface area contributed by atoms with Gasteiger partial charge in [-0.15, -0.1) is 0 Å². The van der Waals surface area contributed by atoms with Gasteiger partial charge in [-0.2, -0.15) is 0 Å². The van der Waals surface area contributed by atoms with Crippen molar-refractivity contribution in [1.29, 1.82) is 0 Å². The molecule has 3 rings (SSSR count). The van der Waals surface area contributed by atoms with Crippen molar-refractivity contribution in [3.63, 3.8) is 0 Å². The molecule has 2 unspecified atom stereocenters. The van der Waals surface area contributed by atoms with Crippen LogP contribution in [0.2, 0.25) is 0 Å². The molecule has 2 aliphatic rings. The standard InChI is InChI=1S/C13H15NO2/c15-13-14(10-6-2-1-3-7-10)11-8-4-5-9-12(11)16-13/h1-3,6-7,11-12H,4-5,8-9H2. The quantitative estimate of drug-likeness (QED) is 0.723. The molecular formula is C13H15NO2. The molecule has 0 N–H and O–H groups in total. The molecule has 0 bridgehead atoms. The van der Waals surface area contributed by atoms with Gasteiger partial charge in [0.2, 0.25) is 0 Å². The average molecular weight is 217 g/mol. The molecule has 1 amide bonds. The van der Waals surface area contributed by atoms with Gasteiger partial charge in [0.05, 0.1) is 6.04 Å². The van der Waals surface area contributed by atoms with Crippen LogP contribution in [0.1, 0.15) is 25.7 Å². The van der Waals surface area contributed by atoms with Gasteiger partial charge in [0.15, 0.2) is 0 Å². The summed E-state index contributed by atoms with van der Waals surface area (Å²) in [6.45, 7) is 0. The molecule has 2 atom stereocenters. The van der Waals surface area contributed by atoms with Gasteiger partial charge < -0.3 is 4.74 Å². The first-order chi connectivity index (χ1) is 7.86. The smallest absolute Gasteiger partial charge is 0.415 e. The zero-order valence-electron chi connectivity index (χ0n) is 9.13. The molecule has 1 aliphatic carbocycles. The van der Waals surface area contributed by atoms with Gasteiger partial charge in [0.1, 0.15) is 6.10 Å². The summed E-state index contributed by atoms with van der Waals surface area (Å²) in [6, 6.07) is 10.1. The highest BCUT2D eigenvalue weighted by Gasteiger charge is 2.43. The first-order valence-corrected chi connectivity index (χ1v) is 5.91. The van der Waals surface area contributed by atoms with Gasteiger partial charge in [-0.3, -0.25) is 4.90 Å². The van der Waals surface area contributed by atoms with E-state index >= 15 is 0 Å². The molecule has 1 aromatic rings. The molecule has 0 radical (unpaired) electrons. The fourth-order valence-corrected chi connectivity index (χ4v) is 2.72. The SMILES string of the molecule is O=C1OC2CCCCC2N1c1ccccc1. The highest BCUT2D eigenvalue weighted by molar-refractivity contribution is 5.90. The first-order valence-electron chi connectivity index (χ1n) is 5.91. The Balaban J connectivity index is 1.91. The lowest BCUT2D eigenvalue weighted by molar-refractivity contribution is 0.113. The number of carbonyl (C=O) groups is 1. The minimum absolute atomic E-state index is 0.112. The summed E-state index contributed by atoms with van der Waals surface area (Å²) in [5.41, 5.74) is 0.960. The van der Waals surface area contributed by atoms with Crippen molar-refractivity contribution in [3.05, 3.63) is 30.3 Å². The lowest BCUT2D eigenvalue weighted by atomic mass is 9.92. The van der Waals surface area contributed by atoms with Crippen LogP contribution in [0.3, 0.4) is 0 Å². The molecule has 16 heavy (non-hydrogen) atoms. The van der Waals surface area contributed by atoms with Crippen LogP contribution in [0, 0.1) is 0 Å². The Morgan fingerprint density at radius 1 is 1.12 bits per heavy atom. The van der Waals surface area contributed by atoms with Crippen molar-refractivity contribution >= 4 is 11.8 Å². The molecule has 2 fully saturated rings. The summed E-state index contributed by atoms with van der Waals surface area (Å²) < 4.78 is 5.42. The Morgan fingerprint density at radius 3 is 2.69 bits per heavy atom. The summed E-state index contributed by atoms with van der Waals surface area (Å²) in [5.74, 6) is 0. The van der Waals surface area contributed by atoms with Gasteiger partial charge in [0, 0.05) is 5.69 Å². The Labute approximate surface area is 95.0 Å². The number of hydrogen-bond donors (Lipinski definition) is 0. The van der Waals surface area contributed by atoms with Crippen LogP contribution in [0.5, 0.6) is 0 Å². The average Bonchev–Trinajstić information content (AvgIpc) is 2.66. The van der Waals surface area contributed by atoms with Crippen LogP contribution in [0.25, 0.3) is 0 Å². The minimum Gasteiger partial charge on any atom is -0.444 e. The number of hydrogen-bond acceptors (Lipinski definition) is 2. The van der Waals surface area contributed by atoms with E-state index in [1.165, 1.54) is 12.8 Å². The Bertz CT molecular complexity index is 390. The number of benzene rings is 1.